The van der Waals surface area contributed by atoms with E-state index in [1.807, 2.05) is 24.3 Å². The Morgan fingerprint density at radius 3 is 2.55 bits per heavy atom. The van der Waals surface area contributed by atoms with Gasteiger partial charge in [0.05, 0.1) is 39.3 Å². The van der Waals surface area contributed by atoms with Crippen LogP contribution in [0.2, 0.25) is 0 Å². The van der Waals surface area contributed by atoms with Crippen LogP contribution in [0.3, 0.4) is 0 Å². The molecular weight excluding hydrogens is 376 g/mol. The highest BCUT2D eigenvalue weighted by atomic mass is 16.5. The van der Waals surface area contributed by atoms with E-state index in [9.17, 15) is 9.59 Å². The van der Waals surface area contributed by atoms with Crippen LogP contribution in [-0.4, -0.2) is 48.2 Å². The first-order chi connectivity index (χ1) is 14.0. The highest BCUT2D eigenvalue weighted by molar-refractivity contribution is 5.80. The molecule has 3 aromatic rings. The SMILES string of the molecule is COC(=O)C[C@@H](NC(=O)Cn1nnc2ccccc21)c1ccc(OC)c(OC)c1. The quantitative estimate of drug-likeness (QED) is 0.578. The number of aromatic nitrogens is 3. The van der Waals surface area contributed by atoms with Gasteiger partial charge in [-0.05, 0) is 29.8 Å². The van der Waals surface area contributed by atoms with Gasteiger partial charge in [-0.3, -0.25) is 9.59 Å². The zero-order valence-corrected chi connectivity index (χ0v) is 16.4. The number of rotatable bonds is 8. The summed E-state index contributed by atoms with van der Waals surface area (Å²) in [4.78, 5) is 24.6. The summed E-state index contributed by atoms with van der Waals surface area (Å²) in [6, 6.07) is 12.0. The molecule has 0 bridgehead atoms. The maximum atomic E-state index is 12.7. The predicted molar refractivity (Wildman–Crippen MR) is 105 cm³/mol. The van der Waals surface area contributed by atoms with Crippen LogP contribution in [0, 0.1) is 0 Å². The Kier molecular flexibility index (Phi) is 6.28. The van der Waals surface area contributed by atoms with E-state index in [2.05, 4.69) is 15.6 Å². The number of para-hydroxylation sites is 1. The molecule has 0 aliphatic carbocycles. The lowest BCUT2D eigenvalue weighted by Gasteiger charge is -2.20. The molecule has 0 unspecified atom stereocenters. The summed E-state index contributed by atoms with van der Waals surface area (Å²) in [5, 5.41) is 10.9. The van der Waals surface area contributed by atoms with Crippen molar-refractivity contribution in [3.05, 3.63) is 48.0 Å². The largest absolute Gasteiger partial charge is 0.493 e. The van der Waals surface area contributed by atoms with E-state index in [0.29, 0.717) is 22.6 Å². The number of ether oxygens (including phenoxy) is 3. The molecule has 3 rings (SSSR count). The maximum Gasteiger partial charge on any atom is 0.307 e. The molecule has 9 heteroatoms. The molecule has 1 amide bonds. The Balaban J connectivity index is 1.81. The van der Waals surface area contributed by atoms with Crippen molar-refractivity contribution in [2.45, 2.75) is 19.0 Å². The number of carbonyl (C=O) groups is 2. The number of hydrogen-bond acceptors (Lipinski definition) is 7. The second-order valence-corrected chi connectivity index (χ2v) is 6.25. The monoisotopic (exact) mass is 398 g/mol. The van der Waals surface area contributed by atoms with E-state index in [1.54, 1.807) is 18.2 Å². The lowest BCUT2D eigenvalue weighted by molar-refractivity contribution is -0.141. The minimum absolute atomic E-state index is 0.0319. The fourth-order valence-corrected chi connectivity index (χ4v) is 2.98. The van der Waals surface area contributed by atoms with Crippen LogP contribution in [0.15, 0.2) is 42.5 Å². The summed E-state index contributed by atoms with van der Waals surface area (Å²) in [6.45, 7) is -0.0362. The van der Waals surface area contributed by atoms with E-state index in [1.165, 1.54) is 26.0 Å². The van der Waals surface area contributed by atoms with Crippen molar-refractivity contribution in [3.8, 4) is 11.5 Å². The van der Waals surface area contributed by atoms with Gasteiger partial charge >= 0.3 is 5.97 Å². The molecule has 0 saturated heterocycles. The summed E-state index contributed by atoms with van der Waals surface area (Å²) in [7, 11) is 4.36. The van der Waals surface area contributed by atoms with Crippen LogP contribution in [-0.2, 0) is 20.9 Å². The fourth-order valence-electron chi connectivity index (χ4n) is 2.98. The maximum absolute atomic E-state index is 12.7. The molecule has 1 atom stereocenters. The molecule has 0 spiro atoms. The van der Waals surface area contributed by atoms with Crippen molar-refractivity contribution in [2.24, 2.45) is 0 Å². The number of hydrogen-bond donors (Lipinski definition) is 1. The van der Waals surface area contributed by atoms with Gasteiger partial charge in [-0.1, -0.05) is 23.4 Å². The summed E-state index contributed by atoms with van der Waals surface area (Å²) in [5.41, 5.74) is 2.13. The molecular formula is C20H22N4O5. The smallest absolute Gasteiger partial charge is 0.307 e. The molecule has 1 heterocycles. The van der Waals surface area contributed by atoms with Gasteiger partial charge in [0.1, 0.15) is 12.1 Å². The van der Waals surface area contributed by atoms with Gasteiger partial charge in [0, 0.05) is 0 Å². The number of nitrogens with zero attached hydrogens (tertiary/aromatic N) is 3. The van der Waals surface area contributed by atoms with Gasteiger partial charge < -0.3 is 19.5 Å². The van der Waals surface area contributed by atoms with Crippen molar-refractivity contribution in [1.29, 1.82) is 0 Å². The van der Waals surface area contributed by atoms with Crippen LogP contribution in [0.1, 0.15) is 18.0 Å². The summed E-state index contributed by atoms with van der Waals surface area (Å²) in [5.74, 6) is 0.283. The van der Waals surface area contributed by atoms with Crippen LogP contribution in [0.25, 0.3) is 11.0 Å². The molecule has 0 aliphatic heterocycles. The van der Waals surface area contributed by atoms with Crippen LogP contribution >= 0.6 is 0 Å². The number of methoxy groups -OCH3 is 3. The Bertz CT molecular complexity index is 1020. The van der Waals surface area contributed by atoms with E-state index >= 15 is 0 Å². The summed E-state index contributed by atoms with van der Waals surface area (Å²) in [6.07, 6.45) is -0.0319. The third-order valence-corrected chi connectivity index (χ3v) is 4.46. The lowest BCUT2D eigenvalue weighted by Crippen LogP contribution is -2.33. The first-order valence-corrected chi connectivity index (χ1v) is 8.92. The highest BCUT2D eigenvalue weighted by Gasteiger charge is 2.21. The molecule has 1 N–H and O–H groups in total. The summed E-state index contributed by atoms with van der Waals surface area (Å²) < 4.78 is 16.8. The Hall–Kier alpha value is -3.62. The van der Waals surface area contributed by atoms with E-state index < -0.39 is 12.0 Å². The Labute approximate surface area is 167 Å². The molecule has 0 aliphatic rings. The van der Waals surface area contributed by atoms with Crippen molar-refractivity contribution in [2.75, 3.05) is 21.3 Å². The fraction of sp³-hybridized carbons (Fsp3) is 0.300. The van der Waals surface area contributed by atoms with Gasteiger partial charge in [0.2, 0.25) is 5.91 Å². The molecule has 9 nitrogen and oxygen atoms in total. The molecule has 0 fully saturated rings. The number of carbonyl (C=O) groups excluding carboxylic acids is 2. The van der Waals surface area contributed by atoms with E-state index in [-0.39, 0.29) is 18.9 Å². The number of amides is 1. The number of benzene rings is 2. The standard InChI is InChI=1S/C20H22N4O5/c1-27-17-9-8-13(10-18(17)28-2)15(11-20(26)29-3)21-19(25)12-24-16-7-5-4-6-14(16)22-23-24/h4-10,15H,11-12H2,1-3H3,(H,21,25)/t15-/m1/s1. The third kappa shape index (κ3) is 4.63. The van der Waals surface area contributed by atoms with Crippen molar-refractivity contribution < 1.29 is 23.8 Å². The predicted octanol–water partition coefficient (Wildman–Crippen LogP) is 1.87. The van der Waals surface area contributed by atoms with Crippen molar-refractivity contribution in [1.82, 2.24) is 20.3 Å². The first kappa shape index (κ1) is 20.1. The average molecular weight is 398 g/mol. The first-order valence-electron chi connectivity index (χ1n) is 8.92. The van der Waals surface area contributed by atoms with E-state index in [4.69, 9.17) is 14.2 Å². The molecule has 0 radical (unpaired) electrons. The Morgan fingerprint density at radius 1 is 1.07 bits per heavy atom. The van der Waals surface area contributed by atoms with Crippen LogP contribution in [0.5, 0.6) is 11.5 Å². The zero-order valence-electron chi connectivity index (χ0n) is 16.4. The van der Waals surface area contributed by atoms with E-state index in [0.717, 1.165) is 5.52 Å². The Morgan fingerprint density at radius 2 is 1.83 bits per heavy atom. The minimum atomic E-state index is -0.607. The zero-order chi connectivity index (χ0) is 20.8. The van der Waals surface area contributed by atoms with Gasteiger partial charge in [-0.2, -0.15) is 0 Å². The van der Waals surface area contributed by atoms with Crippen LogP contribution < -0.4 is 14.8 Å². The van der Waals surface area contributed by atoms with Gasteiger partial charge in [-0.25, -0.2) is 4.68 Å². The highest BCUT2D eigenvalue weighted by Crippen LogP contribution is 2.31. The van der Waals surface area contributed by atoms with Crippen molar-refractivity contribution in [3.63, 3.8) is 0 Å². The average Bonchev–Trinajstić information content (AvgIpc) is 3.15. The third-order valence-electron chi connectivity index (χ3n) is 4.46. The van der Waals surface area contributed by atoms with Gasteiger partial charge in [0.15, 0.2) is 11.5 Å². The second kappa shape index (κ2) is 9.05. The minimum Gasteiger partial charge on any atom is -0.493 e. The van der Waals surface area contributed by atoms with Gasteiger partial charge in [-0.15, -0.1) is 5.10 Å². The summed E-state index contributed by atoms with van der Waals surface area (Å²) >= 11 is 0. The molecule has 152 valence electrons. The normalized spacial score (nSPS) is 11.7. The molecule has 0 saturated carbocycles. The van der Waals surface area contributed by atoms with Crippen LogP contribution in [0.4, 0.5) is 0 Å². The number of esters is 1. The topological polar surface area (TPSA) is 105 Å². The molecule has 2 aromatic carbocycles. The lowest BCUT2D eigenvalue weighted by atomic mass is 10.0. The number of fused-ring (bicyclic) bond motifs is 1. The van der Waals surface area contributed by atoms with Crippen molar-refractivity contribution >= 4 is 22.9 Å². The molecule has 29 heavy (non-hydrogen) atoms. The molecule has 1 aromatic heterocycles. The number of nitrogens with one attached hydrogen (secondary N) is 1. The second-order valence-electron chi connectivity index (χ2n) is 6.25. The van der Waals surface area contributed by atoms with Gasteiger partial charge in [0.25, 0.3) is 0 Å².